The molecule has 88 valence electrons. The minimum atomic E-state index is 0.150. The molecule has 1 aromatic rings. The lowest BCUT2D eigenvalue weighted by Crippen LogP contribution is -2.60. The second kappa shape index (κ2) is 5.99. The molecular formula is C13H19NO2. The number of ether oxygens (including phenoxy) is 1. The number of aryl methyl sites for hydroxylation is 1. The van der Waals surface area contributed by atoms with E-state index in [9.17, 15) is 0 Å². The molecule has 3 nitrogen and oxygen atoms in total. The van der Waals surface area contributed by atoms with Gasteiger partial charge in [0.15, 0.2) is 0 Å². The molecule has 1 saturated heterocycles. The van der Waals surface area contributed by atoms with Crippen molar-refractivity contribution in [3.63, 3.8) is 0 Å². The number of rotatable bonds is 6. The lowest BCUT2D eigenvalue weighted by molar-refractivity contribution is -0.0347. The van der Waals surface area contributed by atoms with Gasteiger partial charge >= 0.3 is 0 Å². The molecule has 0 unspecified atom stereocenters. The van der Waals surface area contributed by atoms with E-state index in [4.69, 9.17) is 9.84 Å². The Labute approximate surface area is 96.4 Å². The lowest BCUT2D eigenvalue weighted by Gasteiger charge is -2.36. The van der Waals surface area contributed by atoms with Crippen LogP contribution in [0, 0.1) is 0 Å². The molecule has 0 spiro atoms. The van der Waals surface area contributed by atoms with E-state index >= 15 is 0 Å². The van der Waals surface area contributed by atoms with Gasteiger partial charge in [0.2, 0.25) is 0 Å². The van der Waals surface area contributed by atoms with Gasteiger partial charge in [-0.1, -0.05) is 30.3 Å². The first-order chi connectivity index (χ1) is 7.90. The Hall–Kier alpha value is -0.900. The molecule has 0 bridgehead atoms. The largest absolute Gasteiger partial charge is 0.395 e. The fourth-order valence-electron chi connectivity index (χ4n) is 1.89. The summed E-state index contributed by atoms with van der Waals surface area (Å²) in [6.45, 7) is 1.82. The Morgan fingerprint density at radius 2 is 2.12 bits per heavy atom. The molecule has 0 aliphatic carbocycles. The van der Waals surface area contributed by atoms with Gasteiger partial charge in [-0.3, -0.25) is 0 Å². The average molecular weight is 221 g/mol. The number of nitrogens with one attached hydrogen (secondary N) is 1. The Bertz CT molecular complexity index is 300. The number of hydrogen-bond acceptors (Lipinski definition) is 3. The molecule has 2 rings (SSSR count). The van der Waals surface area contributed by atoms with E-state index in [1.54, 1.807) is 0 Å². The Balaban J connectivity index is 1.59. The highest BCUT2D eigenvalue weighted by molar-refractivity contribution is 5.14. The normalized spacial score (nSPS) is 24.1. The summed E-state index contributed by atoms with van der Waals surface area (Å²) in [4.78, 5) is 0. The molecule has 2 atom stereocenters. The van der Waals surface area contributed by atoms with Crippen LogP contribution in [0.15, 0.2) is 30.3 Å². The van der Waals surface area contributed by atoms with Crippen molar-refractivity contribution in [2.75, 3.05) is 19.8 Å². The van der Waals surface area contributed by atoms with Crippen molar-refractivity contribution in [2.45, 2.75) is 25.0 Å². The summed E-state index contributed by atoms with van der Waals surface area (Å²) in [5.41, 5.74) is 1.36. The van der Waals surface area contributed by atoms with Crippen LogP contribution in [0.3, 0.4) is 0 Å². The van der Waals surface area contributed by atoms with Gasteiger partial charge in [0, 0.05) is 13.2 Å². The maximum absolute atomic E-state index is 8.95. The van der Waals surface area contributed by atoms with E-state index in [1.165, 1.54) is 5.56 Å². The van der Waals surface area contributed by atoms with Crippen LogP contribution in [-0.2, 0) is 11.2 Å². The highest BCUT2D eigenvalue weighted by Crippen LogP contribution is 2.09. The zero-order valence-electron chi connectivity index (χ0n) is 9.43. The molecule has 3 heteroatoms. The number of aliphatic hydroxyl groups is 1. The topological polar surface area (TPSA) is 41.5 Å². The van der Waals surface area contributed by atoms with Crippen LogP contribution in [0.5, 0.6) is 0 Å². The van der Waals surface area contributed by atoms with Crippen molar-refractivity contribution < 1.29 is 9.84 Å². The predicted molar refractivity (Wildman–Crippen MR) is 63.4 cm³/mol. The average Bonchev–Trinajstić information content (AvgIpc) is 2.29. The quantitative estimate of drug-likeness (QED) is 0.703. The van der Waals surface area contributed by atoms with E-state index in [0.29, 0.717) is 0 Å². The zero-order chi connectivity index (χ0) is 11.2. The number of aliphatic hydroxyl groups excluding tert-OH is 1. The lowest BCUT2D eigenvalue weighted by atomic mass is 10.0. The molecule has 2 N–H and O–H groups in total. The molecule has 0 amide bonds. The van der Waals surface area contributed by atoms with E-state index in [1.807, 2.05) is 6.07 Å². The predicted octanol–water partition coefficient (Wildman–Crippen LogP) is 0.968. The van der Waals surface area contributed by atoms with Crippen molar-refractivity contribution in [1.29, 1.82) is 0 Å². The third kappa shape index (κ3) is 3.04. The summed E-state index contributed by atoms with van der Waals surface area (Å²) in [7, 11) is 0. The molecule has 0 saturated carbocycles. The van der Waals surface area contributed by atoms with Crippen molar-refractivity contribution >= 4 is 0 Å². The first-order valence-electron chi connectivity index (χ1n) is 5.90. The Morgan fingerprint density at radius 1 is 1.31 bits per heavy atom. The Morgan fingerprint density at radius 3 is 2.75 bits per heavy atom. The van der Waals surface area contributed by atoms with Crippen LogP contribution >= 0.6 is 0 Å². The van der Waals surface area contributed by atoms with Gasteiger partial charge < -0.3 is 15.2 Å². The maximum Gasteiger partial charge on any atom is 0.0874 e. The molecule has 0 radical (unpaired) electrons. The first kappa shape index (κ1) is 11.6. The van der Waals surface area contributed by atoms with E-state index in [0.717, 1.165) is 26.0 Å². The monoisotopic (exact) mass is 221 g/mol. The zero-order valence-corrected chi connectivity index (χ0v) is 9.43. The minimum Gasteiger partial charge on any atom is -0.395 e. The number of hydrogen-bond donors (Lipinski definition) is 2. The molecular weight excluding hydrogens is 202 g/mol. The van der Waals surface area contributed by atoms with Gasteiger partial charge in [0.1, 0.15) is 0 Å². The molecule has 1 aliphatic heterocycles. The molecule has 1 fully saturated rings. The summed E-state index contributed by atoms with van der Waals surface area (Å²) in [6, 6.07) is 10.6. The Kier molecular flexibility index (Phi) is 4.34. The van der Waals surface area contributed by atoms with Crippen molar-refractivity contribution in [1.82, 2.24) is 5.32 Å². The highest BCUT2D eigenvalue weighted by atomic mass is 16.5. The van der Waals surface area contributed by atoms with Crippen LogP contribution in [0.25, 0.3) is 0 Å². The van der Waals surface area contributed by atoms with Crippen molar-refractivity contribution in [2.24, 2.45) is 0 Å². The molecule has 0 aromatic heterocycles. The standard InChI is InChI=1S/C13H19NO2/c15-10-12-13(9-14-12)16-8-4-7-11-5-2-1-3-6-11/h1-3,5-6,12-15H,4,7-10H2/t12-,13-/m1/s1. The summed E-state index contributed by atoms with van der Waals surface area (Å²) >= 11 is 0. The van der Waals surface area contributed by atoms with Crippen LogP contribution in [0.1, 0.15) is 12.0 Å². The van der Waals surface area contributed by atoms with Crippen LogP contribution in [-0.4, -0.2) is 37.0 Å². The van der Waals surface area contributed by atoms with Crippen LogP contribution < -0.4 is 5.32 Å². The SMILES string of the molecule is OC[C@H]1NC[C@H]1OCCCc1ccccc1. The fourth-order valence-corrected chi connectivity index (χ4v) is 1.89. The molecule has 1 aromatic carbocycles. The number of benzene rings is 1. The third-order valence-corrected chi connectivity index (χ3v) is 3.01. The summed E-state index contributed by atoms with van der Waals surface area (Å²) < 4.78 is 5.68. The van der Waals surface area contributed by atoms with Crippen LogP contribution in [0.2, 0.25) is 0 Å². The van der Waals surface area contributed by atoms with Gasteiger partial charge in [-0.25, -0.2) is 0 Å². The molecule has 1 aliphatic rings. The van der Waals surface area contributed by atoms with E-state index in [2.05, 4.69) is 29.6 Å². The van der Waals surface area contributed by atoms with E-state index < -0.39 is 0 Å². The van der Waals surface area contributed by atoms with Crippen LogP contribution in [0.4, 0.5) is 0 Å². The second-order valence-electron chi connectivity index (χ2n) is 4.20. The van der Waals surface area contributed by atoms with Gasteiger partial charge in [-0.15, -0.1) is 0 Å². The van der Waals surface area contributed by atoms with E-state index in [-0.39, 0.29) is 18.8 Å². The first-order valence-corrected chi connectivity index (χ1v) is 5.90. The van der Waals surface area contributed by atoms with Gasteiger partial charge in [0.05, 0.1) is 18.8 Å². The smallest absolute Gasteiger partial charge is 0.0874 e. The highest BCUT2D eigenvalue weighted by Gasteiger charge is 2.29. The molecule has 1 heterocycles. The minimum absolute atomic E-state index is 0.150. The van der Waals surface area contributed by atoms with Crippen molar-refractivity contribution in [3.8, 4) is 0 Å². The third-order valence-electron chi connectivity index (χ3n) is 3.01. The summed E-state index contributed by atoms with van der Waals surface area (Å²) in [6.07, 6.45) is 2.31. The van der Waals surface area contributed by atoms with Crippen molar-refractivity contribution in [3.05, 3.63) is 35.9 Å². The molecule has 16 heavy (non-hydrogen) atoms. The van der Waals surface area contributed by atoms with Gasteiger partial charge in [-0.05, 0) is 18.4 Å². The second-order valence-corrected chi connectivity index (χ2v) is 4.20. The van der Waals surface area contributed by atoms with Gasteiger partial charge in [0.25, 0.3) is 0 Å². The van der Waals surface area contributed by atoms with Gasteiger partial charge in [-0.2, -0.15) is 0 Å². The summed E-state index contributed by atoms with van der Waals surface area (Å²) in [5.74, 6) is 0. The maximum atomic E-state index is 8.95. The fraction of sp³-hybridized carbons (Fsp3) is 0.538. The summed E-state index contributed by atoms with van der Waals surface area (Å²) in [5, 5.41) is 12.1.